The summed E-state index contributed by atoms with van der Waals surface area (Å²) in [5.41, 5.74) is 0.509. The van der Waals surface area contributed by atoms with Crippen LogP contribution in [-0.2, 0) is 11.3 Å². The average Bonchev–Trinajstić information content (AvgIpc) is 2.45. The predicted octanol–water partition coefficient (Wildman–Crippen LogP) is 3.26. The van der Waals surface area contributed by atoms with Crippen molar-refractivity contribution in [1.29, 1.82) is 0 Å². The first-order valence-corrected chi connectivity index (χ1v) is 7.03. The standard InChI is InChI=1S/C14H20ClF2N3O2.HI/c1-9(8-21-3)20-14(18-2)19-7-10-6-11(15)4-5-12(10)22-13(16)17;/h4-6,9,13H,7-8H2,1-3H3,(H2,18,19,20);1H. The van der Waals surface area contributed by atoms with Crippen molar-refractivity contribution in [2.75, 3.05) is 20.8 Å². The van der Waals surface area contributed by atoms with Crippen LogP contribution in [0.2, 0.25) is 5.02 Å². The molecule has 0 bridgehead atoms. The van der Waals surface area contributed by atoms with Crippen LogP contribution in [0.25, 0.3) is 0 Å². The first kappa shape index (κ1) is 22.1. The number of methoxy groups -OCH3 is 1. The molecule has 0 amide bonds. The zero-order valence-electron chi connectivity index (χ0n) is 13.1. The van der Waals surface area contributed by atoms with Crippen LogP contribution in [-0.4, -0.2) is 39.4 Å². The van der Waals surface area contributed by atoms with Crippen LogP contribution in [0.1, 0.15) is 12.5 Å². The van der Waals surface area contributed by atoms with Crippen LogP contribution in [0.3, 0.4) is 0 Å². The fourth-order valence-electron chi connectivity index (χ4n) is 1.80. The maximum atomic E-state index is 12.4. The monoisotopic (exact) mass is 463 g/mol. The molecule has 5 nitrogen and oxygen atoms in total. The normalized spacial score (nSPS) is 12.6. The van der Waals surface area contributed by atoms with E-state index >= 15 is 0 Å². The number of hydrogen-bond donors (Lipinski definition) is 2. The number of nitrogens with one attached hydrogen (secondary N) is 2. The Labute approximate surface area is 156 Å². The Morgan fingerprint density at radius 3 is 2.65 bits per heavy atom. The number of benzene rings is 1. The van der Waals surface area contributed by atoms with Crippen LogP contribution in [0, 0.1) is 0 Å². The van der Waals surface area contributed by atoms with Gasteiger partial charge in [-0.2, -0.15) is 8.78 Å². The Morgan fingerprint density at radius 1 is 1.39 bits per heavy atom. The third kappa shape index (κ3) is 8.52. The fourth-order valence-corrected chi connectivity index (χ4v) is 1.99. The van der Waals surface area contributed by atoms with Gasteiger partial charge in [-0.1, -0.05) is 11.6 Å². The van der Waals surface area contributed by atoms with Crippen molar-refractivity contribution in [3.05, 3.63) is 28.8 Å². The molecule has 0 aromatic heterocycles. The maximum Gasteiger partial charge on any atom is 0.387 e. The van der Waals surface area contributed by atoms with Gasteiger partial charge in [0.2, 0.25) is 0 Å². The van der Waals surface area contributed by atoms with Crippen LogP contribution < -0.4 is 15.4 Å². The van der Waals surface area contributed by atoms with Gasteiger partial charge in [0.1, 0.15) is 5.75 Å². The second-order valence-corrected chi connectivity index (χ2v) is 4.99. The Kier molecular flexibility index (Phi) is 11.2. The van der Waals surface area contributed by atoms with E-state index in [1.807, 2.05) is 6.92 Å². The topological polar surface area (TPSA) is 54.9 Å². The molecule has 1 aromatic rings. The molecule has 1 aromatic carbocycles. The van der Waals surface area contributed by atoms with Crippen molar-refractivity contribution in [2.45, 2.75) is 26.1 Å². The minimum atomic E-state index is -2.89. The summed E-state index contributed by atoms with van der Waals surface area (Å²) in [4.78, 5) is 4.06. The highest BCUT2D eigenvalue weighted by molar-refractivity contribution is 14.0. The van der Waals surface area contributed by atoms with Crippen molar-refractivity contribution in [3.63, 3.8) is 0 Å². The number of rotatable bonds is 7. The molecule has 0 heterocycles. The predicted molar refractivity (Wildman–Crippen MR) is 98.2 cm³/mol. The average molecular weight is 464 g/mol. The maximum absolute atomic E-state index is 12.4. The number of nitrogens with zero attached hydrogens (tertiary/aromatic N) is 1. The molecular formula is C14H21ClF2IN3O2. The van der Waals surface area contributed by atoms with E-state index in [0.717, 1.165) is 0 Å². The van der Waals surface area contributed by atoms with Crippen LogP contribution in [0.5, 0.6) is 5.75 Å². The van der Waals surface area contributed by atoms with Gasteiger partial charge in [0.25, 0.3) is 0 Å². The molecule has 0 aliphatic carbocycles. The van der Waals surface area contributed by atoms with Gasteiger partial charge < -0.3 is 20.1 Å². The van der Waals surface area contributed by atoms with Gasteiger partial charge in [-0.25, -0.2) is 0 Å². The molecule has 0 saturated carbocycles. The lowest BCUT2D eigenvalue weighted by Crippen LogP contribution is -2.43. The highest BCUT2D eigenvalue weighted by atomic mass is 127. The summed E-state index contributed by atoms with van der Waals surface area (Å²) in [7, 11) is 3.22. The summed E-state index contributed by atoms with van der Waals surface area (Å²) in [5, 5.41) is 6.56. The quantitative estimate of drug-likeness (QED) is 0.370. The summed E-state index contributed by atoms with van der Waals surface area (Å²) in [6.07, 6.45) is 0. The van der Waals surface area contributed by atoms with E-state index in [1.165, 1.54) is 12.1 Å². The molecule has 1 unspecified atom stereocenters. The van der Waals surface area contributed by atoms with Crippen LogP contribution in [0.4, 0.5) is 8.78 Å². The number of guanidine groups is 1. The summed E-state index contributed by atoms with van der Waals surface area (Å²) in [5.74, 6) is 0.597. The Hall–Kier alpha value is -0.870. The van der Waals surface area contributed by atoms with Crippen molar-refractivity contribution in [2.24, 2.45) is 4.99 Å². The molecule has 23 heavy (non-hydrogen) atoms. The lowest BCUT2D eigenvalue weighted by Gasteiger charge is -2.18. The van der Waals surface area contributed by atoms with Gasteiger partial charge in [0, 0.05) is 37.3 Å². The van der Waals surface area contributed by atoms with Crippen molar-refractivity contribution >= 4 is 41.5 Å². The van der Waals surface area contributed by atoms with Gasteiger partial charge in [-0.05, 0) is 25.1 Å². The van der Waals surface area contributed by atoms with E-state index in [-0.39, 0.29) is 42.3 Å². The molecule has 9 heteroatoms. The zero-order chi connectivity index (χ0) is 16.5. The van der Waals surface area contributed by atoms with Gasteiger partial charge in [0.05, 0.1) is 6.61 Å². The SMILES string of the molecule is CN=C(NCc1cc(Cl)ccc1OC(F)F)NC(C)COC.I. The molecular weight excluding hydrogens is 443 g/mol. The largest absolute Gasteiger partial charge is 0.434 e. The fraction of sp³-hybridized carbons (Fsp3) is 0.500. The summed E-state index contributed by atoms with van der Waals surface area (Å²) in [6, 6.07) is 4.52. The highest BCUT2D eigenvalue weighted by Crippen LogP contribution is 2.24. The minimum absolute atomic E-state index is 0. The van der Waals surface area contributed by atoms with Gasteiger partial charge >= 0.3 is 6.61 Å². The van der Waals surface area contributed by atoms with Crippen LogP contribution >= 0.6 is 35.6 Å². The molecule has 1 atom stereocenters. The van der Waals surface area contributed by atoms with Crippen LogP contribution in [0.15, 0.2) is 23.2 Å². The Morgan fingerprint density at radius 2 is 2.09 bits per heavy atom. The summed E-state index contributed by atoms with van der Waals surface area (Å²) in [6.45, 7) is -0.209. The van der Waals surface area contributed by atoms with Gasteiger partial charge in [0.15, 0.2) is 5.96 Å². The lowest BCUT2D eigenvalue weighted by atomic mass is 10.2. The second-order valence-electron chi connectivity index (χ2n) is 4.56. The highest BCUT2D eigenvalue weighted by Gasteiger charge is 2.11. The molecule has 0 aliphatic rings. The van der Waals surface area contributed by atoms with Crippen molar-refractivity contribution < 1.29 is 18.3 Å². The molecule has 0 saturated heterocycles. The molecule has 0 fully saturated rings. The molecule has 1 rings (SSSR count). The number of halogens is 4. The number of hydrogen-bond acceptors (Lipinski definition) is 3. The third-order valence-corrected chi connectivity index (χ3v) is 2.94. The number of ether oxygens (including phenoxy) is 2. The Balaban J connectivity index is 0.00000484. The third-order valence-electron chi connectivity index (χ3n) is 2.71. The van der Waals surface area contributed by atoms with E-state index in [1.54, 1.807) is 20.2 Å². The number of alkyl halides is 2. The molecule has 132 valence electrons. The second kappa shape index (κ2) is 11.6. The molecule has 0 spiro atoms. The smallest absolute Gasteiger partial charge is 0.387 e. The first-order valence-electron chi connectivity index (χ1n) is 6.65. The van der Waals surface area contributed by atoms with Gasteiger partial charge in [-0.15, -0.1) is 24.0 Å². The molecule has 0 radical (unpaired) electrons. The zero-order valence-corrected chi connectivity index (χ0v) is 16.2. The Bertz CT molecular complexity index is 507. The van der Waals surface area contributed by atoms with E-state index in [0.29, 0.717) is 23.2 Å². The molecule has 0 aliphatic heterocycles. The first-order chi connectivity index (χ1) is 10.5. The minimum Gasteiger partial charge on any atom is -0.434 e. The van der Waals surface area contributed by atoms with Crippen molar-refractivity contribution in [1.82, 2.24) is 10.6 Å². The summed E-state index contributed by atoms with van der Waals surface area (Å²) < 4.78 is 34.3. The van der Waals surface area contributed by atoms with E-state index in [2.05, 4.69) is 20.4 Å². The summed E-state index contributed by atoms with van der Waals surface area (Å²) >= 11 is 5.89. The van der Waals surface area contributed by atoms with E-state index in [4.69, 9.17) is 16.3 Å². The molecule has 2 N–H and O–H groups in total. The van der Waals surface area contributed by atoms with Crippen molar-refractivity contribution in [3.8, 4) is 5.75 Å². The van der Waals surface area contributed by atoms with Gasteiger partial charge in [-0.3, -0.25) is 4.99 Å². The van der Waals surface area contributed by atoms with E-state index in [9.17, 15) is 8.78 Å². The van der Waals surface area contributed by atoms with E-state index < -0.39 is 6.61 Å². The number of aliphatic imine (C=N–C) groups is 1. The lowest BCUT2D eigenvalue weighted by molar-refractivity contribution is -0.0504.